The van der Waals surface area contributed by atoms with Crippen LogP contribution in [-0.2, 0) is 13.7 Å². The quantitative estimate of drug-likeness (QED) is 0.0893. The molecule has 1 rings (SSSR count). The Morgan fingerprint density at radius 3 is 1.38 bits per heavy atom. The smallest absolute Gasteiger partial charge is 0.289 e. The number of benzene rings is 1. The Bertz CT molecular complexity index is 1580. The highest BCUT2D eigenvalue weighted by Gasteiger charge is 2.96. The average Bonchev–Trinajstić information content (AvgIpc) is 2.91. The normalized spacial score (nSPS) is 15.0. The van der Waals surface area contributed by atoms with Gasteiger partial charge in [-0.2, -0.15) is 93.6 Å². The van der Waals surface area contributed by atoms with Gasteiger partial charge >= 0.3 is 57.1 Å². The number of nitrogens with zero attached hydrogens (tertiary/aromatic N) is 2. The summed E-state index contributed by atoms with van der Waals surface area (Å²) in [6.45, 7) is 0. The fourth-order valence-electron chi connectivity index (χ4n) is 3.14. The van der Waals surface area contributed by atoms with Gasteiger partial charge in [0.2, 0.25) is 0 Å². The number of alkyl halides is 17. The molecule has 0 saturated heterocycles. The minimum Gasteiger partial charge on any atom is -0.289 e. The van der Waals surface area contributed by atoms with Crippen molar-refractivity contribution in [2.75, 3.05) is 18.3 Å². The van der Waals surface area contributed by atoms with Crippen molar-refractivity contribution >= 4 is 26.2 Å². The van der Waals surface area contributed by atoms with Crippen molar-refractivity contribution < 1.29 is 91.5 Å². The largest absolute Gasteiger partial charge is 0.460 e. The third-order valence-corrected chi connectivity index (χ3v) is 9.67. The Hall–Kier alpha value is -3.32. The number of hydrogen-bond acceptors (Lipinski definition) is 6. The molecular formula is C22H13F17N2O4S2. The molecule has 0 atom stereocenters. The lowest BCUT2D eigenvalue weighted by atomic mass is 9.91. The summed E-state index contributed by atoms with van der Waals surface area (Å²) >= 11 is 0. The molecule has 6 nitrogen and oxygen atoms in total. The van der Waals surface area contributed by atoms with Gasteiger partial charge in [-0.1, -0.05) is 30.3 Å². The summed E-state index contributed by atoms with van der Waals surface area (Å²) < 4.78 is 258. The second-order valence-electron chi connectivity index (χ2n) is 9.34. The highest BCUT2D eigenvalue weighted by molar-refractivity contribution is 8.32. The summed E-state index contributed by atoms with van der Waals surface area (Å²) in [5.74, 6) is -55.5. The maximum Gasteiger partial charge on any atom is 0.460 e. The van der Waals surface area contributed by atoms with Crippen molar-refractivity contribution in [1.29, 1.82) is 10.5 Å². The van der Waals surface area contributed by atoms with Gasteiger partial charge in [-0.3, -0.25) is 4.79 Å². The van der Waals surface area contributed by atoms with Crippen LogP contribution in [0.3, 0.4) is 0 Å². The zero-order chi connectivity index (χ0) is 37.7. The van der Waals surface area contributed by atoms with Crippen molar-refractivity contribution in [3.63, 3.8) is 0 Å². The maximum atomic E-state index is 14.5. The van der Waals surface area contributed by atoms with Gasteiger partial charge in [-0.25, -0.2) is 3.63 Å². The number of carbonyl (C=O) groups is 1. The Labute approximate surface area is 253 Å². The molecule has 266 valence electrons. The summed E-state index contributed by atoms with van der Waals surface area (Å²) in [5, 5.41) is 10.3. The van der Waals surface area contributed by atoms with E-state index in [1.54, 1.807) is 0 Å². The Morgan fingerprint density at radius 2 is 1.02 bits per heavy atom. The monoisotopic (exact) mass is 756 g/mol. The van der Waals surface area contributed by atoms with Crippen molar-refractivity contribution in [1.82, 2.24) is 0 Å². The predicted octanol–water partition coefficient (Wildman–Crippen LogP) is 7.51. The van der Waals surface area contributed by atoms with E-state index in [-0.39, 0.29) is 0 Å². The third kappa shape index (κ3) is 6.57. The van der Waals surface area contributed by atoms with E-state index >= 15 is 0 Å². The van der Waals surface area contributed by atoms with Gasteiger partial charge in [0.1, 0.15) is 17.7 Å². The van der Waals surface area contributed by atoms with E-state index in [0.717, 1.165) is 24.3 Å². The van der Waals surface area contributed by atoms with Gasteiger partial charge in [0.25, 0.3) is 0 Å². The summed E-state index contributed by atoms with van der Waals surface area (Å²) in [4.78, 5) is 12.8. The summed E-state index contributed by atoms with van der Waals surface area (Å²) in [6, 6.07) is 7.96. The molecule has 1 aromatic carbocycles. The Morgan fingerprint density at radius 1 is 0.660 bits per heavy atom. The van der Waals surface area contributed by atoms with Crippen LogP contribution in [0.4, 0.5) is 74.6 Å². The highest BCUT2D eigenvalue weighted by atomic mass is 32.3. The fourth-order valence-corrected chi connectivity index (χ4v) is 7.03. The number of allylic oxidation sites excluding steroid dienone is 1. The van der Waals surface area contributed by atoms with E-state index in [2.05, 4.69) is 3.63 Å². The molecule has 0 aliphatic carbocycles. The van der Waals surface area contributed by atoms with Gasteiger partial charge < -0.3 is 0 Å². The first-order valence-electron chi connectivity index (χ1n) is 11.1. The van der Waals surface area contributed by atoms with Gasteiger partial charge in [-0.15, -0.1) is 10.3 Å². The molecule has 0 amide bonds. The standard InChI is InChI=1S/C22H13F17N2O4S2/c1-46(2,10-13(12(8-40)9-41)14(42)11-6-4-3-5-7-11)45-47(43,44)22(38,39)20(33,34)18(29,30)16(25,26)15(23,24)17(27,28)19(31,32)21(35,36)37/h3-7H,10H2,1-2H3. The first-order valence-corrected chi connectivity index (χ1v) is 15.1. The van der Waals surface area contributed by atoms with Crippen LogP contribution < -0.4 is 0 Å². The SMILES string of the molecule is CS(C)(CC(C(=O)c1ccccc1)=C(C#N)C#N)OS(=O)(=O)C(F)(F)C(F)(F)C(F)(F)C(F)(F)C(F)(F)C(F)(F)C(F)(F)C(F)(F)F. The summed E-state index contributed by atoms with van der Waals surface area (Å²) in [5.41, 5.74) is -2.67. The Kier molecular flexibility index (Phi) is 10.9. The van der Waals surface area contributed by atoms with Crippen LogP contribution in [0.1, 0.15) is 10.4 Å². The van der Waals surface area contributed by atoms with E-state index < -0.39 is 95.6 Å². The molecule has 0 fully saturated rings. The second-order valence-corrected chi connectivity index (χ2v) is 14.5. The molecule has 0 unspecified atom stereocenters. The number of rotatable bonds is 13. The molecule has 0 bridgehead atoms. The highest BCUT2D eigenvalue weighted by Crippen LogP contribution is 2.65. The average molecular weight is 756 g/mol. The molecule has 0 N–H and O–H groups in total. The predicted molar refractivity (Wildman–Crippen MR) is 124 cm³/mol. The van der Waals surface area contributed by atoms with Crippen molar-refractivity contribution in [3.8, 4) is 12.1 Å². The molecule has 0 aliphatic rings. The van der Waals surface area contributed by atoms with Crippen LogP contribution in [0.15, 0.2) is 41.5 Å². The number of nitriles is 2. The van der Waals surface area contributed by atoms with Gasteiger partial charge in [0, 0.05) is 16.9 Å². The number of ketones is 1. The minimum atomic E-state index is -9.02. The first-order chi connectivity index (χ1) is 20.6. The number of halogens is 17. The van der Waals surface area contributed by atoms with Crippen molar-refractivity contribution in [3.05, 3.63) is 47.0 Å². The zero-order valence-electron chi connectivity index (χ0n) is 22.4. The van der Waals surface area contributed by atoms with E-state index in [9.17, 15) is 87.8 Å². The topological polar surface area (TPSA) is 108 Å². The number of hydrogen-bond donors (Lipinski definition) is 0. The first kappa shape index (κ1) is 41.7. The van der Waals surface area contributed by atoms with E-state index in [1.165, 1.54) is 18.2 Å². The van der Waals surface area contributed by atoms with E-state index in [4.69, 9.17) is 10.5 Å². The van der Waals surface area contributed by atoms with Gasteiger partial charge in [-0.05, 0) is 12.5 Å². The van der Waals surface area contributed by atoms with Gasteiger partial charge in [0.05, 0.1) is 0 Å². The van der Waals surface area contributed by atoms with Gasteiger partial charge in [0.15, 0.2) is 5.78 Å². The van der Waals surface area contributed by atoms with Crippen LogP contribution in [0, 0.1) is 22.7 Å². The minimum absolute atomic E-state index is 0.337. The fraction of sp³-hybridized carbons (Fsp3) is 0.500. The van der Waals surface area contributed by atoms with E-state index in [1.807, 2.05) is 0 Å². The van der Waals surface area contributed by atoms with Crippen LogP contribution in [0.5, 0.6) is 0 Å². The zero-order valence-corrected chi connectivity index (χ0v) is 24.0. The lowest BCUT2D eigenvalue weighted by Gasteiger charge is -2.42. The van der Waals surface area contributed by atoms with E-state index in [0.29, 0.717) is 12.5 Å². The molecule has 1 aromatic rings. The molecule has 0 heterocycles. The molecule has 47 heavy (non-hydrogen) atoms. The Balaban J connectivity index is 3.73. The van der Waals surface area contributed by atoms with Crippen LogP contribution >= 0.6 is 10.3 Å². The molecular weight excluding hydrogens is 743 g/mol. The summed E-state index contributed by atoms with van der Waals surface area (Å²) in [7, 11) is -12.2. The third-order valence-electron chi connectivity index (χ3n) is 5.61. The lowest BCUT2D eigenvalue weighted by molar-refractivity contribution is -0.458. The molecule has 0 aromatic heterocycles. The molecule has 25 heteroatoms. The number of carbonyl (C=O) groups excluding carboxylic acids is 1. The van der Waals surface area contributed by atoms with Crippen LogP contribution in [-0.4, -0.2) is 79.4 Å². The molecule has 0 radical (unpaired) electrons. The maximum absolute atomic E-state index is 14.5. The summed E-state index contributed by atoms with van der Waals surface area (Å²) in [6.07, 6.45) is -7.29. The van der Waals surface area contributed by atoms with Crippen LogP contribution in [0.2, 0.25) is 0 Å². The van der Waals surface area contributed by atoms with Crippen molar-refractivity contribution in [2.24, 2.45) is 0 Å². The second kappa shape index (κ2) is 12.3. The van der Waals surface area contributed by atoms with Crippen LogP contribution in [0.25, 0.3) is 0 Å². The number of Topliss-reactive ketones (excluding diaryl/α,β-unsaturated/α-hetero) is 1. The lowest BCUT2D eigenvalue weighted by Crippen LogP contribution is -2.75. The molecule has 0 spiro atoms. The van der Waals surface area contributed by atoms with Crippen molar-refractivity contribution in [2.45, 2.75) is 47.0 Å². The molecule has 0 saturated carbocycles. The molecule has 0 aliphatic heterocycles.